The van der Waals surface area contributed by atoms with E-state index < -0.39 is 0 Å². The zero-order chi connectivity index (χ0) is 12.3. The first-order valence-electron chi connectivity index (χ1n) is 5.66. The van der Waals surface area contributed by atoms with Gasteiger partial charge in [-0.25, -0.2) is 0 Å². The predicted molar refractivity (Wildman–Crippen MR) is 69.9 cm³/mol. The molecule has 17 heavy (non-hydrogen) atoms. The molecule has 0 aliphatic carbocycles. The number of halogens is 1. The van der Waals surface area contributed by atoms with Crippen LogP contribution in [0.4, 0.5) is 0 Å². The van der Waals surface area contributed by atoms with Crippen LogP contribution in [0.15, 0.2) is 27.3 Å². The number of hydrogen-bond acceptors (Lipinski definition) is 3. The molecule has 0 atom stereocenters. The highest BCUT2D eigenvalue weighted by Gasteiger charge is 2.08. The molecule has 2 aromatic heterocycles. The van der Waals surface area contributed by atoms with E-state index in [-0.39, 0.29) is 0 Å². The smallest absolute Gasteiger partial charge is 0.126 e. The van der Waals surface area contributed by atoms with Gasteiger partial charge in [0.25, 0.3) is 0 Å². The SMILES string of the molecule is CCNCc1oc(Cn2cc(Br)cn2)cc1C. The van der Waals surface area contributed by atoms with Crippen LogP contribution in [0.1, 0.15) is 24.0 Å². The summed E-state index contributed by atoms with van der Waals surface area (Å²) in [6.45, 7) is 6.55. The zero-order valence-corrected chi connectivity index (χ0v) is 11.6. The molecule has 0 saturated heterocycles. The monoisotopic (exact) mass is 297 g/mol. The third-order valence-electron chi connectivity index (χ3n) is 2.53. The van der Waals surface area contributed by atoms with Crippen LogP contribution in [-0.2, 0) is 13.1 Å². The molecule has 0 saturated carbocycles. The van der Waals surface area contributed by atoms with Crippen LogP contribution >= 0.6 is 15.9 Å². The standard InChI is InChI=1S/C12H16BrN3O/c1-3-14-6-12-9(2)4-11(17-12)8-16-7-10(13)5-15-16/h4-5,7,14H,3,6,8H2,1-2H3. The molecule has 0 aliphatic heterocycles. The number of aromatic nitrogens is 2. The van der Waals surface area contributed by atoms with Gasteiger partial charge in [0, 0.05) is 6.20 Å². The maximum atomic E-state index is 5.79. The van der Waals surface area contributed by atoms with Crippen molar-refractivity contribution in [2.45, 2.75) is 26.9 Å². The Balaban J connectivity index is 2.06. The minimum absolute atomic E-state index is 0.665. The lowest BCUT2D eigenvalue weighted by molar-refractivity contribution is 0.431. The first-order valence-corrected chi connectivity index (χ1v) is 6.45. The molecule has 0 aromatic carbocycles. The highest BCUT2D eigenvalue weighted by Crippen LogP contribution is 2.16. The highest BCUT2D eigenvalue weighted by atomic mass is 79.9. The molecule has 92 valence electrons. The molecule has 5 heteroatoms. The van der Waals surface area contributed by atoms with Crippen molar-refractivity contribution in [1.82, 2.24) is 15.1 Å². The maximum absolute atomic E-state index is 5.79. The zero-order valence-electron chi connectivity index (χ0n) is 10.0. The minimum atomic E-state index is 0.665. The summed E-state index contributed by atoms with van der Waals surface area (Å²) in [6.07, 6.45) is 3.71. The van der Waals surface area contributed by atoms with Crippen LogP contribution in [0.2, 0.25) is 0 Å². The first kappa shape index (κ1) is 12.4. The van der Waals surface area contributed by atoms with E-state index in [1.807, 2.05) is 10.9 Å². The van der Waals surface area contributed by atoms with Crippen molar-refractivity contribution < 1.29 is 4.42 Å². The summed E-state index contributed by atoms with van der Waals surface area (Å²) in [5.74, 6) is 1.94. The Hall–Kier alpha value is -1.07. The molecule has 0 bridgehead atoms. The van der Waals surface area contributed by atoms with Gasteiger partial charge in [0.05, 0.1) is 23.8 Å². The van der Waals surface area contributed by atoms with E-state index in [9.17, 15) is 0 Å². The summed E-state index contributed by atoms with van der Waals surface area (Å²) in [5.41, 5.74) is 1.19. The Morgan fingerprint density at radius 2 is 2.35 bits per heavy atom. The Morgan fingerprint density at radius 3 is 3.00 bits per heavy atom. The molecule has 0 spiro atoms. The summed E-state index contributed by atoms with van der Waals surface area (Å²) >= 11 is 3.38. The Bertz CT molecular complexity index is 490. The van der Waals surface area contributed by atoms with E-state index >= 15 is 0 Å². The van der Waals surface area contributed by atoms with Gasteiger partial charge in [-0.15, -0.1) is 0 Å². The van der Waals surface area contributed by atoms with Crippen LogP contribution < -0.4 is 5.32 Å². The second-order valence-corrected chi connectivity index (χ2v) is 4.87. The van der Waals surface area contributed by atoms with E-state index in [0.717, 1.165) is 29.1 Å². The lowest BCUT2D eigenvalue weighted by atomic mass is 10.2. The van der Waals surface area contributed by atoms with Crippen molar-refractivity contribution in [2.24, 2.45) is 0 Å². The number of hydrogen-bond donors (Lipinski definition) is 1. The molecule has 0 fully saturated rings. The lowest BCUT2D eigenvalue weighted by Gasteiger charge is -1.99. The minimum Gasteiger partial charge on any atom is -0.462 e. The van der Waals surface area contributed by atoms with Gasteiger partial charge in [-0.1, -0.05) is 6.92 Å². The van der Waals surface area contributed by atoms with Gasteiger partial charge in [-0.05, 0) is 41.0 Å². The van der Waals surface area contributed by atoms with Crippen molar-refractivity contribution >= 4 is 15.9 Å². The van der Waals surface area contributed by atoms with Crippen LogP contribution in [0.3, 0.4) is 0 Å². The molecule has 4 nitrogen and oxygen atoms in total. The van der Waals surface area contributed by atoms with Crippen molar-refractivity contribution in [3.63, 3.8) is 0 Å². The third-order valence-corrected chi connectivity index (χ3v) is 2.94. The molecule has 0 radical (unpaired) electrons. The number of rotatable bonds is 5. The summed E-state index contributed by atoms with van der Waals surface area (Å²) in [6, 6.07) is 2.07. The van der Waals surface area contributed by atoms with E-state index in [4.69, 9.17) is 4.42 Å². The van der Waals surface area contributed by atoms with Crippen molar-refractivity contribution in [3.8, 4) is 0 Å². The summed E-state index contributed by atoms with van der Waals surface area (Å²) in [4.78, 5) is 0. The molecule has 0 aliphatic rings. The third kappa shape index (κ3) is 3.20. The molecular formula is C12H16BrN3O. The number of furan rings is 1. The normalized spacial score (nSPS) is 11.0. The fraction of sp³-hybridized carbons (Fsp3) is 0.417. The van der Waals surface area contributed by atoms with Crippen LogP contribution in [0.5, 0.6) is 0 Å². The fourth-order valence-electron chi connectivity index (χ4n) is 1.67. The average molecular weight is 298 g/mol. The maximum Gasteiger partial charge on any atom is 0.126 e. The summed E-state index contributed by atoms with van der Waals surface area (Å²) < 4.78 is 8.62. The summed E-state index contributed by atoms with van der Waals surface area (Å²) in [5, 5.41) is 7.47. The van der Waals surface area contributed by atoms with Gasteiger partial charge < -0.3 is 9.73 Å². The van der Waals surface area contributed by atoms with Gasteiger partial charge >= 0.3 is 0 Å². The second-order valence-electron chi connectivity index (χ2n) is 3.96. The molecule has 0 unspecified atom stereocenters. The van der Waals surface area contributed by atoms with Gasteiger partial charge in [-0.2, -0.15) is 5.10 Å². The number of nitrogens with zero attached hydrogens (tertiary/aromatic N) is 2. The molecule has 0 amide bonds. The topological polar surface area (TPSA) is 43.0 Å². The van der Waals surface area contributed by atoms with E-state index in [0.29, 0.717) is 6.54 Å². The van der Waals surface area contributed by atoms with Crippen molar-refractivity contribution in [3.05, 3.63) is 40.0 Å². The Morgan fingerprint density at radius 1 is 1.53 bits per heavy atom. The first-order chi connectivity index (χ1) is 8.19. The van der Waals surface area contributed by atoms with E-state index in [2.05, 4.69) is 46.3 Å². The fourth-order valence-corrected chi connectivity index (χ4v) is 1.99. The van der Waals surface area contributed by atoms with Gasteiger partial charge in [0.2, 0.25) is 0 Å². The average Bonchev–Trinajstić information content (AvgIpc) is 2.83. The van der Waals surface area contributed by atoms with Crippen LogP contribution in [0, 0.1) is 6.92 Å². The van der Waals surface area contributed by atoms with Crippen LogP contribution in [0.25, 0.3) is 0 Å². The number of nitrogens with one attached hydrogen (secondary N) is 1. The van der Waals surface area contributed by atoms with Crippen molar-refractivity contribution in [2.75, 3.05) is 6.54 Å². The summed E-state index contributed by atoms with van der Waals surface area (Å²) in [7, 11) is 0. The molecule has 2 rings (SSSR count). The quantitative estimate of drug-likeness (QED) is 0.923. The highest BCUT2D eigenvalue weighted by molar-refractivity contribution is 9.10. The van der Waals surface area contributed by atoms with Crippen molar-refractivity contribution in [1.29, 1.82) is 0 Å². The number of aryl methyl sites for hydroxylation is 1. The van der Waals surface area contributed by atoms with Crippen LogP contribution in [-0.4, -0.2) is 16.3 Å². The largest absolute Gasteiger partial charge is 0.462 e. The van der Waals surface area contributed by atoms with E-state index in [1.54, 1.807) is 6.20 Å². The van der Waals surface area contributed by atoms with Gasteiger partial charge in [-0.3, -0.25) is 4.68 Å². The predicted octanol–water partition coefficient (Wildman–Crippen LogP) is 2.70. The lowest BCUT2D eigenvalue weighted by Crippen LogP contribution is -2.11. The van der Waals surface area contributed by atoms with Gasteiger partial charge in [0.15, 0.2) is 0 Å². The van der Waals surface area contributed by atoms with E-state index in [1.165, 1.54) is 5.56 Å². The Kier molecular flexibility index (Phi) is 4.02. The molecular weight excluding hydrogens is 282 g/mol. The molecule has 1 N–H and O–H groups in total. The molecule has 2 heterocycles. The van der Waals surface area contributed by atoms with Gasteiger partial charge in [0.1, 0.15) is 11.5 Å². The second kappa shape index (κ2) is 5.51. The molecule has 2 aromatic rings. The Labute approximate surface area is 109 Å².